The lowest BCUT2D eigenvalue weighted by Crippen LogP contribution is -2.68. The number of fused-ring (bicyclic) bond motifs is 1. The van der Waals surface area contributed by atoms with Gasteiger partial charge in [-0.2, -0.15) is 0 Å². The van der Waals surface area contributed by atoms with E-state index in [1.807, 2.05) is 25.2 Å². The molecule has 1 aliphatic heterocycles. The fourth-order valence-corrected chi connectivity index (χ4v) is 6.37. The number of carbonyl (C=O) groups excluding carboxylic acids is 3. The maximum atomic E-state index is 13.0. The third-order valence-corrected chi connectivity index (χ3v) is 8.25. The minimum Gasteiger partial charge on any atom is -0.457 e. The Morgan fingerprint density at radius 2 is 1.84 bits per heavy atom. The monoisotopic (exact) mass is 546 g/mol. The Hall–Kier alpha value is -2.61. The van der Waals surface area contributed by atoms with Gasteiger partial charge in [0.25, 0.3) is 0 Å². The van der Waals surface area contributed by atoms with Gasteiger partial charge in [0, 0.05) is 31.8 Å². The van der Waals surface area contributed by atoms with Crippen LogP contribution in [0.15, 0.2) is 42.5 Å². The fraction of sp³-hybridized carbons (Fsp3) is 0.464. The molecule has 2 aromatic carbocycles. The second-order valence-electron chi connectivity index (χ2n) is 10.2. The first-order valence-electron chi connectivity index (χ1n) is 12.4. The maximum absolute atomic E-state index is 13.0. The number of benzene rings is 2. The van der Waals surface area contributed by atoms with Crippen molar-refractivity contribution >= 4 is 41.0 Å². The van der Waals surface area contributed by atoms with E-state index in [9.17, 15) is 14.4 Å². The van der Waals surface area contributed by atoms with Crippen LogP contribution >= 0.6 is 23.2 Å². The lowest BCUT2D eigenvalue weighted by Gasteiger charge is -2.59. The van der Waals surface area contributed by atoms with Crippen molar-refractivity contribution in [1.82, 2.24) is 10.2 Å². The van der Waals surface area contributed by atoms with E-state index in [1.54, 1.807) is 24.3 Å². The summed E-state index contributed by atoms with van der Waals surface area (Å²) in [7, 11) is 2.02. The van der Waals surface area contributed by atoms with Gasteiger partial charge in [-0.1, -0.05) is 41.4 Å². The molecule has 198 valence electrons. The minimum atomic E-state index is -0.772. The second kappa shape index (κ2) is 11.0. The van der Waals surface area contributed by atoms with Crippen molar-refractivity contribution in [2.24, 2.45) is 0 Å². The molecule has 2 aromatic rings. The first-order valence-corrected chi connectivity index (χ1v) is 13.2. The number of esters is 2. The third-order valence-electron chi connectivity index (χ3n) is 7.51. The molecule has 1 saturated heterocycles. The predicted octanol–water partition coefficient (Wildman–Crippen LogP) is 4.71. The third kappa shape index (κ3) is 5.95. The van der Waals surface area contributed by atoms with E-state index in [0.717, 1.165) is 24.1 Å². The Kier molecular flexibility index (Phi) is 8.17. The van der Waals surface area contributed by atoms with Crippen molar-refractivity contribution in [3.8, 4) is 5.75 Å². The molecular formula is C28H32Cl2N2O5. The molecule has 1 aliphatic carbocycles. The molecule has 1 heterocycles. The number of likely N-dealkylation sites (N-methyl/N-ethyl adjacent to an activating group) is 1. The molecule has 0 bridgehead atoms. The number of hydrogen-bond donors (Lipinski definition) is 1. The van der Waals surface area contributed by atoms with Gasteiger partial charge in [0.05, 0.1) is 16.5 Å². The van der Waals surface area contributed by atoms with E-state index >= 15 is 0 Å². The predicted molar refractivity (Wildman–Crippen MR) is 142 cm³/mol. The van der Waals surface area contributed by atoms with Crippen molar-refractivity contribution < 1.29 is 23.9 Å². The van der Waals surface area contributed by atoms with Gasteiger partial charge in [-0.3, -0.25) is 14.4 Å². The largest absolute Gasteiger partial charge is 0.457 e. The number of piperidine rings is 1. The summed E-state index contributed by atoms with van der Waals surface area (Å²) >= 11 is 12.1. The molecule has 1 N–H and O–H groups in total. The SMILES string of the molecule is CC(=O)Oc1cccc([C@@]23CCN(C)C[C@@]2(OC(C)=O)CC[C@H](NC(=O)Cc2ccc(Cl)c(Cl)c2)C3)c1. The van der Waals surface area contributed by atoms with E-state index in [1.165, 1.54) is 13.8 Å². The zero-order valence-electron chi connectivity index (χ0n) is 21.3. The zero-order chi connectivity index (χ0) is 26.8. The highest BCUT2D eigenvalue weighted by molar-refractivity contribution is 6.42. The van der Waals surface area contributed by atoms with E-state index in [2.05, 4.69) is 10.2 Å². The summed E-state index contributed by atoms with van der Waals surface area (Å²) in [6, 6.07) is 12.5. The quantitative estimate of drug-likeness (QED) is 0.417. The van der Waals surface area contributed by atoms with Crippen LogP contribution in [-0.4, -0.2) is 54.5 Å². The molecule has 2 aliphatic rings. The first-order chi connectivity index (χ1) is 17.5. The molecule has 0 radical (unpaired) electrons. The van der Waals surface area contributed by atoms with E-state index in [4.69, 9.17) is 32.7 Å². The summed E-state index contributed by atoms with van der Waals surface area (Å²) in [6.45, 7) is 4.18. The van der Waals surface area contributed by atoms with Crippen LogP contribution in [0.4, 0.5) is 0 Å². The lowest BCUT2D eigenvalue weighted by atomic mass is 9.55. The van der Waals surface area contributed by atoms with Crippen LogP contribution in [0.2, 0.25) is 10.0 Å². The van der Waals surface area contributed by atoms with Crippen LogP contribution in [0.1, 0.15) is 50.7 Å². The van der Waals surface area contributed by atoms with Gasteiger partial charge in [-0.15, -0.1) is 0 Å². The van der Waals surface area contributed by atoms with Gasteiger partial charge >= 0.3 is 11.9 Å². The molecule has 2 fully saturated rings. The lowest BCUT2D eigenvalue weighted by molar-refractivity contribution is -0.185. The van der Waals surface area contributed by atoms with Gasteiger partial charge in [0.15, 0.2) is 0 Å². The minimum absolute atomic E-state index is 0.111. The Morgan fingerprint density at radius 3 is 2.54 bits per heavy atom. The Morgan fingerprint density at radius 1 is 1.05 bits per heavy atom. The summed E-state index contributed by atoms with van der Waals surface area (Å²) in [6.07, 6.45) is 2.75. The summed E-state index contributed by atoms with van der Waals surface area (Å²) in [5, 5.41) is 4.06. The molecule has 1 amide bonds. The number of likely N-dealkylation sites (tertiary alicyclic amines) is 1. The first kappa shape index (κ1) is 27.4. The highest BCUT2D eigenvalue weighted by Gasteiger charge is 2.60. The molecule has 4 rings (SSSR count). The van der Waals surface area contributed by atoms with Crippen LogP contribution in [0.3, 0.4) is 0 Å². The number of halogens is 2. The van der Waals surface area contributed by atoms with Crippen LogP contribution in [-0.2, 0) is 31.0 Å². The van der Waals surface area contributed by atoms with E-state index in [-0.39, 0.29) is 24.3 Å². The number of rotatable bonds is 6. The molecule has 0 aromatic heterocycles. The summed E-state index contributed by atoms with van der Waals surface area (Å²) in [5.41, 5.74) is 0.372. The summed E-state index contributed by atoms with van der Waals surface area (Å²) < 4.78 is 11.6. The highest BCUT2D eigenvalue weighted by atomic mass is 35.5. The normalized spacial score (nSPS) is 25.6. The van der Waals surface area contributed by atoms with Gasteiger partial charge in [0.2, 0.25) is 5.91 Å². The summed E-state index contributed by atoms with van der Waals surface area (Å²) in [4.78, 5) is 39.2. The molecule has 1 saturated carbocycles. The van der Waals surface area contributed by atoms with Crippen LogP contribution in [0, 0.1) is 0 Å². The maximum Gasteiger partial charge on any atom is 0.308 e. The van der Waals surface area contributed by atoms with Gasteiger partial charge in [-0.05, 0) is 74.7 Å². The van der Waals surface area contributed by atoms with Crippen molar-refractivity contribution in [3.63, 3.8) is 0 Å². The zero-order valence-corrected chi connectivity index (χ0v) is 22.8. The van der Waals surface area contributed by atoms with Crippen molar-refractivity contribution in [3.05, 3.63) is 63.6 Å². The molecule has 3 atom stereocenters. The number of amides is 1. The fourth-order valence-electron chi connectivity index (χ4n) is 6.05. The molecular weight excluding hydrogens is 515 g/mol. The molecule has 0 spiro atoms. The average molecular weight is 547 g/mol. The van der Waals surface area contributed by atoms with Crippen molar-refractivity contribution in [1.29, 1.82) is 0 Å². The van der Waals surface area contributed by atoms with Crippen molar-refractivity contribution in [2.75, 3.05) is 20.1 Å². The smallest absolute Gasteiger partial charge is 0.308 e. The number of nitrogens with zero attached hydrogens (tertiary/aromatic N) is 1. The molecule has 0 unspecified atom stereocenters. The van der Waals surface area contributed by atoms with Crippen LogP contribution in [0.5, 0.6) is 5.75 Å². The average Bonchev–Trinajstić information content (AvgIpc) is 2.81. The van der Waals surface area contributed by atoms with Gasteiger partial charge in [0.1, 0.15) is 11.4 Å². The Balaban J connectivity index is 1.65. The van der Waals surface area contributed by atoms with E-state index in [0.29, 0.717) is 41.6 Å². The summed E-state index contributed by atoms with van der Waals surface area (Å²) in [5.74, 6) is -0.404. The highest BCUT2D eigenvalue weighted by Crippen LogP contribution is 2.54. The van der Waals surface area contributed by atoms with Crippen LogP contribution in [0.25, 0.3) is 0 Å². The second-order valence-corrected chi connectivity index (χ2v) is 11.0. The van der Waals surface area contributed by atoms with Crippen LogP contribution < -0.4 is 10.1 Å². The van der Waals surface area contributed by atoms with Gasteiger partial charge in [-0.25, -0.2) is 0 Å². The number of hydrogen-bond acceptors (Lipinski definition) is 6. The standard InChI is InChI=1S/C28H32Cl2N2O5/c1-18(33)36-23-6-4-5-21(15-23)27-11-12-32(3)17-28(27,37-19(2)34)10-9-22(16-27)31-26(35)14-20-7-8-24(29)25(30)13-20/h4-8,13,15,22H,9-12,14,16-17H2,1-3H3,(H,31,35)/t22-,27-,28-/m0/s1. The number of ether oxygens (including phenoxy) is 2. The molecule has 9 heteroatoms. The topological polar surface area (TPSA) is 84.9 Å². The molecule has 7 nitrogen and oxygen atoms in total. The number of nitrogens with one attached hydrogen (secondary N) is 1. The van der Waals surface area contributed by atoms with Crippen molar-refractivity contribution in [2.45, 2.75) is 63.0 Å². The number of carbonyl (C=O) groups is 3. The van der Waals surface area contributed by atoms with Gasteiger partial charge < -0.3 is 19.7 Å². The Bertz CT molecular complexity index is 1200. The van der Waals surface area contributed by atoms with E-state index < -0.39 is 17.0 Å². The molecule has 37 heavy (non-hydrogen) atoms. The Labute approximate surface area is 227 Å².